The van der Waals surface area contributed by atoms with Gasteiger partial charge in [0.05, 0.1) is 6.61 Å². The van der Waals surface area contributed by atoms with Crippen molar-refractivity contribution in [1.82, 2.24) is 0 Å². The van der Waals surface area contributed by atoms with Crippen LogP contribution in [-0.4, -0.2) is 15.3 Å². The van der Waals surface area contributed by atoms with Crippen molar-refractivity contribution in [2.24, 2.45) is 0 Å². The second-order valence-electron chi connectivity index (χ2n) is 7.78. The van der Waals surface area contributed by atoms with Crippen LogP contribution in [0.4, 0.5) is 0 Å². The standard InChI is InChI=1S/C28H26O6/c29-16-20-5-12-26(13-6-20)32-19-23-7-14-27(33-17-21-1-8-24(30)9-2-21)28(15-23)34-18-22-3-10-25(31)11-4-22/h1-15,29-31H,16-19H2. The minimum Gasteiger partial charge on any atom is -0.508 e. The van der Waals surface area contributed by atoms with E-state index in [1.807, 2.05) is 42.5 Å². The largest absolute Gasteiger partial charge is 0.508 e. The summed E-state index contributed by atoms with van der Waals surface area (Å²) in [7, 11) is 0. The third kappa shape index (κ3) is 6.43. The highest BCUT2D eigenvalue weighted by Gasteiger charge is 2.09. The van der Waals surface area contributed by atoms with E-state index in [1.165, 1.54) is 0 Å². The second-order valence-corrected chi connectivity index (χ2v) is 7.78. The van der Waals surface area contributed by atoms with Crippen molar-refractivity contribution in [3.05, 3.63) is 113 Å². The Kier molecular flexibility index (Phi) is 7.53. The lowest BCUT2D eigenvalue weighted by Gasteiger charge is -2.15. The molecular formula is C28H26O6. The fourth-order valence-electron chi connectivity index (χ4n) is 3.24. The molecule has 0 amide bonds. The maximum Gasteiger partial charge on any atom is 0.162 e. The third-order valence-electron chi connectivity index (χ3n) is 5.18. The van der Waals surface area contributed by atoms with E-state index in [1.54, 1.807) is 48.5 Å². The van der Waals surface area contributed by atoms with Gasteiger partial charge in [0.2, 0.25) is 0 Å². The Balaban J connectivity index is 1.47. The number of ether oxygens (including phenoxy) is 3. The van der Waals surface area contributed by atoms with Crippen LogP contribution < -0.4 is 14.2 Å². The molecule has 6 heteroatoms. The zero-order valence-corrected chi connectivity index (χ0v) is 18.6. The Bertz CT molecular complexity index is 1190. The van der Waals surface area contributed by atoms with Crippen LogP contribution in [0.25, 0.3) is 0 Å². The van der Waals surface area contributed by atoms with Crippen molar-refractivity contribution in [2.45, 2.75) is 26.4 Å². The maximum absolute atomic E-state index is 9.50. The molecule has 0 atom stereocenters. The summed E-state index contributed by atoms with van der Waals surface area (Å²) in [5.74, 6) is 2.27. The van der Waals surface area contributed by atoms with Gasteiger partial charge in [-0.15, -0.1) is 0 Å². The molecule has 0 radical (unpaired) electrons. The Morgan fingerprint density at radius 1 is 0.471 bits per heavy atom. The van der Waals surface area contributed by atoms with Crippen LogP contribution >= 0.6 is 0 Å². The summed E-state index contributed by atoms with van der Waals surface area (Å²) in [4.78, 5) is 0. The molecule has 0 spiro atoms. The smallest absolute Gasteiger partial charge is 0.162 e. The molecule has 0 heterocycles. The van der Waals surface area contributed by atoms with Gasteiger partial charge in [0.25, 0.3) is 0 Å². The summed E-state index contributed by atoms with van der Waals surface area (Å²) in [5.41, 5.74) is 3.56. The first kappa shape index (κ1) is 23.0. The first-order valence-corrected chi connectivity index (χ1v) is 10.9. The lowest BCUT2D eigenvalue weighted by molar-refractivity contribution is 0.254. The first-order valence-electron chi connectivity index (χ1n) is 10.9. The Morgan fingerprint density at radius 2 is 0.941 bits per heavy atom. The van der Waals surface area contributed by atoms with Crippen molar-refractivity contribution < 1.29 is 29.5 Å². The zero-order valence-electron chi connectivity index (χ0n) is 18.6. The van der Waals surface area contributed by atoms with Crippen molar-refractivity contribution >= 4 is 0 Å². The highest BCUT2D eigenvalue weighted by atomic mass is 16.5. The van der Waals surface area contributed by atoms with E-state index in [-0.39, 0.29) is 18.1 Å². The SMILES string of the molecule is OCc1ccc(OCc2ccc(OCc3ccc(O)cc3)c(OCc3ccc(O)cc3)c2)cc1. The normalized spacial score (nSPS) is 10.6. The molecule has 6 nitrogen and oxygen atoms in total. The van der Waals surface area contributed by atoms with Crippen LogP contribution in [0.2, 0.25) is 0 Å². The predicted octanol–water partition coefficient (Wildman–Crippen LogP) is 5.33. The van der Waals surface area contributed by atoms with Gasteiger partial charge in [-0.25, -0.2) is 0 Å². The van der Waals surface area contributed by atoms with E-state index in [9.17, 15) is 15.3 Å². The highest BCUT2D eigenvalue weighted by molar-refractivity contribution is 5.43. The Hall–Kier alpha value is -4.16. The number of aliphatic hydroxyl groups excluding tert-OH is 1. The second kappa shape index (κ2) is 11.1. The van der Waals surface area contributed by atoms with Crippen LogP contribution in [0, 0.1) is 0 Å². The molecule has 0 saturated heterocycles. The number of phenols is 2. The summed E-state index contributed by atoms with van der Waals surface area (Å²) in [5, 5.41) is 28.1. The van der Waals surface area contributed by atoms with E-state index >= 15 is 0 Å². The number of hydrogen-bond acceptors (Lipinski definition) is 6. The van der Waals surface area contributed by atoms with Crippen molar-refractivity contribution in [2.75, 3.05) is 0 Å². The lowest BCUT2D eigenvalue weighted by atomic mass is 10.2. The van der Waals surface area contributed by atoms with Gasteiger partial charge >= 0.3 is 0 Å². The fourth-order valence-corrected chi connectivity index (χ4v) is 3.24. The molecule has 4 rings (SSSR count). The minimum atomic E-state index is -0.00633. The molecule has 0 bridgehead atoms. The van der Waals surface area contributed by atoms with Crippen molar-refractivity contribution in [3.63, 3.8) is 0 Å². The number of benzene rings is 4. The molecule has 4 aromatic rings. The van der Waals surface area contributed by atoms with Gasteiger partial charge in [0.1, 0.15) is 37.1 Å². The number of rotatable bonds is 10. The molecule has 4 aromatic carbocycles. The van der Waals surface area contributed by atoms with Gasteiger partial charge in [-0.05, 0) is 70.8 Å². The van der Waals surface area contributed by atoms with Gasteiger partial charge in [0, 0.05) is 0 Å². The monoisotopic (exact) mass is 458 g/mol. The zero-order chi connectivity index (χ0) is 23.8. The number of hydrogen-bond donors (Lipinski definition) is 3. The van der Waals surface area contributed by atoms with Gasteiger partial charge in [0.15, 0.2) is 11.5 Å². The molecule has 0 unspecified atom stereocenters. The number of aromatic hydroxyl groups is 2. The Morgan fingerprint density at radius 3 is 1.50 bits per heavy atom. The van der Waals surface area contributed by atoms with Gasteiger partial charge in [-0.2, -0.15) is 0 Å². The minimum absolute atomic E-state index is 0.00633. The molecule has 0 fully saturated rings. The van der Waals surface area contributed by atoms with Crippen LogP contribution in [0.15, 0.2) is 91.0 Å². The van der Waals surface area contributed by atoms with Crippen molar-refractivity contribution in [1.29, 1.82) is 0 Å². The number of phenolic OH excluding ortho intramolecular Hbond substituents is 2. The fraction of sp³-hybridized carbons (Fsp3) is 0.143. The van der Waals surface area contributed by atoms with Crippen LogP contribution in [0.3, 0.4) is 0 Å². The van der Waals surface area contributed by atoms with Crippen LogP contribution in [-0.2, 0) is 26.4 Å². The van der Waals surface area contributed by atoms with Crippen LogP contribution in [0.5, 0.6) is 28.7 Å². The summed E-state index contributed by atoms with van der Waals surface area (Å²) < 4.78 is 17.9. The molecule has 0 saturated carbocycles. The van der Waals surface area contributed by atoms with E-state index in [4.69, 9.17) is 14.2 Å². The van der Waals surface area contributed by atoms with Crippen molar-refractivity contribution in [3.8, 4) is 28.7 Å². The molecule has 0 aromatic heterocycles. The van der Waals surface area contributed by atoms with Gasteiger partial charge in [-0.3, -0.25) is 0 Å². The summed E-state index contributed by atoms with van der Waals surface area (Å²) in [6.45, 7) is 0.964. The Labute approximate surface area is 198 Å². The molecule has 174 valence electrons. The van der Waals surface area contributed by atoms with E-state index < -0.39 is 0 Å². The molecule has 0 aliphatic heterocycles. The van der Waals surface area contributed by atoms with E-state index in [2.05, 4.69) is 0 Å². The summed E-state index contributed by atoms with van der Waals surface area (Å²) >= 11 is 0. The average molecular weight is 459 g/mol. The molecule has 34 heavy (non-hydrogen) atoms. The van der Waals surface area contributed by atoms with Crippen LogP contribution in [0.1, 0.15) is 22.3 Å². The maximum atomic E-state index is 9.50. The third-order valence-corrected chi connectivity index (χ3v) is 5.18. The molecule has 3 N–H and O–H groups in total. The van der Waals surface area contributed by atoms with Gasteiger partial charge < -0.3 is 29.5 Å². The van der Waals surface area contributed by atoms with Gasteiger partial charge in [-0.1, -0.05) is 42.5 Å². The number of aliphatic hydroxyl groups is 1. The molecule has 0 aliphatic rings. The summed E-state index contributed by atoms with van der Waals surface area (Å²) in [6.07, 6.45) is 0. The van der Waals surface area contributed by atoms with E-state index in [0.717, 1.165) is 22.3 Å². The predicted molar refractivity (Wildman–Crippen MR) is 128 cm³/mol. The topological polar surface area (TPSA) is 88.4 Å². The summed E-state index contributed by atoms with van der Waals surface area (Å²) in [6, 6.07) is 26.6. The quantitative estimate of drug-likeness (QED) is 0.298. The average Bonchev–Trinajstić information content (AvgIpc) is 2.87. The van der Waals surface area contributed by atoms with E-state index in [0.29, 0.717) is 37.1 Å². The first-order chi connectivity index (χ1) is 16.6. The molecular weight excluding hydrogens is 432 g/mol. The molecule has 0 aliphatic carbocycles. The highest BCUT2D eigenvalue weighted by Crippen LogP contribution is 2.31. The lowest BCUT2D eigenvalue weighted by Crippen LogP contribution is -2.02.